The third-order valence-corrected chi connectivity index (χ3v) is 5.19. The van der Waals surface area contributed by atoms with Crippen LogP contribution in [0.4, 0.5) is 0 Å². The van der Waals surface area contributed by atoms with E-state index in [1.54, 1.807) is 7.11 Å². The van der Waals surface area contributed by atoms with Crippen molar-refractivity contribution in [1.29, 1.82) is 0 Å². The van der Waals surface area contributed by atoms with Crippen LogP contribution in [0.15, 0.2) is 33.9 Å². The van der Waals surface area contributed by atoms with Crippen molar-refractivity contribution in [2.75, 3.05) is 7.11 Å². The third-order valence-electron chi connectivity index (χ3n) is 4.27. The lowest BCUT2D eigenvalue weighted by Crippen LogP contribution is -2.08. The Morgan fingerprint density at radius 3 is 2.80 bits per heavy atom. The molecule has 0 amide bonds. The molecule has 0 atom stereocenters. The zero-order valence-electron chi connectivity index (χ0n) is 13.8. The van der Waals surface area contributed by atoms with E-state index in [4.69, 9.17) is 9.26 Å². The highest BCUT2D eigenvalue weighted by Gasteiger charge is 2.22. The predicted octanol–water partition coefficient (Wildman–Crippen LogP) is 3.14. The van der Waals surface area contributed by atoms with Crippen LogP contribution < -0.4 is 4.74 Å². The van der Waals surface area contributed by atoms with E-state index in [1.165, 1.54) is 24.6 Å². The fraction of sp³-hybridized carbons (Fsp3) is 0.438. The minimum atomic E-state index is 0.412. The fourth-order valence-corrected chi connectivity index (χ4v) is 3.74. The predicted molar refractivity (Wildman–Crippen MR) is 91.2 cm³/mol. The number of ether oxygens (including phenoxy) is 1. The zero-order chi connectivity index (χ0) is 17.1. The van der Waals surface area contributed by atoms with Gasteiger partial charge in [0.1, 0.15) is 5.75 Å². The molecule has 8 nitrogen and oxygen atoms in total. The summed E-state index contributed by atoms with van der Waals surface area (Å²) in [4.78, 5) is 4.45. The average Bonchev–Trinajstić information content (AvgIpc) is 3.40. The molecule has 2 aromatic heterocycles. The number of hydrogen-bond donors (Lipinski definition) is 0. The topological polar surface area (TPSA) is 91.8 Å². The van der Waals surface area contributed by atoms with Gasteiger partial charge in [0.25, 0.3) is 0 Å². The summed E-state index contributed by atoms with van der Waals surface area (Å²) in [7, 11) is 1.64. The lowest BCUT2D eigenvalue weighted by Gasteiger charge is -2.09. The van der Waals surface area contributed by atoms with Gasteiger partial charge in [-0.05, 0) is 47.5 Å². The summed E-state index contributed by atoms with van der Waals surface area (Å²) < 4.78 is 12.4. The molecule has 1 fully saturated rings. The van der Waals surface area contributed by atoms with Gasteiger partial charge >= 0.3 is 0 Å². The minimum absolute atomic E-state index is 0.412. The van der Waals surface area contributed by atoms with Gasteiger partial charge in [0.15, 0.2) is 0 Å². The molecule has 0 unspecified atom stereocenters. The second-order valence-electron chi connectivity index (χ2n) is 5.87. The van der Waals surface area contributed by atoms with Crippen molar-refractivity contribution in [1.82, 2.24) is 30.3 Å². The second-order valence-corrected chi connectivity index (χ2v) is 6.82. The van der Waals surface area contributed by atoms with Gasteiger partial charge in [-0.3, -0.25) is 0 Å². The second kappa shape index (κ2) is 7.22. The third kappa shape index (κ3) is 3.51. The molecule has 1 aliphatic rings. The molecule has 1 saturated carbocycles. The molecule has 4 rings (SSSR count). The van der Waals surface area contributed by atoms with Gasteiger partial charge in [-0.2, -0.15) is 4.98 Å². The highest BCUT2D eigenvalue weighted by molar-refractivity contribution is 7.98. The molecule has 0 N–H and O–H groups in total. The Labute approximate surface area is 148 Å². The highest BCUT2D eigenvalue weighted by Crippen LogP contribution is 2.32. The van der Waals surface area contributed by atoms with E-state index < -0.39 is 0 Å². The van der Waals surface area contributed by atoms with Gasteiger partial charge in [-0.15, -0.1) is 5.10 Å². The standard InChI is InChI=1S/C16H18N6O2S/c1-23-13-8-6-11(7-9-13)15-17-14(24-19-15)10-25-16-18-20-21-22(16)12-4-2-3-5-12/h6-9,12H,2-5,10H2,1H3. The summed E-state index contributed by atoms with van der Waals surface area (Å²) in [5, 5.41) is 16.9. The first-order valence-electron chi connectivity index (χ1n) is 8.21. The number of benzene rings is 1. The molecule has 0 saturated heterocycles. The molecule has 0 spiro atoms. The first-order valence-corrected chi connectivity index (χ1v) is 9.20. The van der Waals surface area contributed by atoms with Crippen LogP contribution in [0.1, 0.15) is 37.6 Å². The van der Waals surface area contributed by atoms with Crippen LogP contribution in [0.3, 0.4) is 0 Å². The molecule has 9 heteroatoms. The fourth-order valence-electron chi connectivity index (χ4n) is 2.96. The number of rotatable bonds is 6. The molecule has 0 radical (unpaired) electrons. The average molecular weight is 358 g/mol. The van der Waals surface area contributed by atoms with Gasteiger partial charge in [-0.1, -0.05) is 29.8 Å². The maximum absolute atomic E-state index is 5.35. The molecular weight excluding hydrogens is 340 g/mol. The molecule has 0 bridgehead atoms. The van der Waals surface area contributed by atoms with Crippen LogP contribution in [0.2, 0.25) is 0 Å². The molecule has 1 aromatic carbocycles. The maximum atomic E-state index is 5.35. The zero-order valence-corrected chi connectivity index (χ0v) is 14.6. The van der Waals surface area contributed by atoms with Gasteiger partial charge in [0, 0.05) is 5.56 Å². The van der Waals surface area contributed by atoms with Crippen LogP contribution in [0.5, 0.6) is 5.75 Å². The van der Waals surface area contributed by atoms with Crippen LogP contribution in [-0.2, 0) is 5.75 Å². The number of tetrazole rings is 1. The van der Waals surface area contributed by atoms with E-state index in [0.717, 1.165) is 29.3 Å². The van der Waals surface area contributed by atoms with Crippen LogP contribution in [0.25, 0.3) is 11.4 Å². The Bertz CT molecular complexity index is 825. The van der Waals surface area contributed by atoms with Crippen molar-refractivity contribution in [3.8, 4) is 17.1 Å². The van der Waals surface area contributed by atoms with Gasteiger partial charge in [-0.25, -0.2) is 4.68 Å². The quantitative estimate of drug-likeness (QED) is 0.621. The molecule has 2 heterocycles. The van der Waals surface area contributed by atoms with Crippen LogP contribution >= 0.6 is 11.8 Å². The van der Waals surface area contributed by atoms with Crippen molar-refractivity contribution in [3.05, 3.63) is 30.2 Å². The van der Waals surface area contributed by atoms with Crippen molar-refractivity contribution in [3.63, 3.8) is 0 Å². The molecule has 3 aromatic rings. The largest absolute Gasteiger partial charge is 0.497 e. The lowest BCUT2D eigenvalue weighted by molar-refractivity contribution is 0.391. The Morgan fingerprint density at radius 2 is 2.04 bits per heavy atom. The van der Waals surface area contributed by atoms with Crippen molar-refractivity contribution in [2.45, 2.75) is 42.6 Å². The normalized spacial score (nSPS) is 14.9. The van der Waals surface area contributed by atoms with E-state index in [-0.39, 0.29) is 0 Å². The Hall–Kier alpha value is -2.42. The number of nitrogens with zero attached hydrogens (tertiary/aromatic N) is 6. The van der Waals surface area contributed by atoms with Crippen LogP contribution in [0, 0.1) is 0 Å². The summed E-state index contributed by atoms with van der Waals surface area (Å²) in [6.07, 6.45) is 4.76. The Balaban J connectivity index is 1.42. The van der Waals surface area contributed by atoms with E-state index in [2.05, 4.69) is 25.7 Å². The number of aromatic nitrogens is 6. The smallest absolute Gasteiger partial charge is 0.237 e. The lowest BCUT2D eigenvalue weighted by atomic mass is 10.2. The van der Waals surface area contributed by atoms with Gasteiger partial charge < -0.3 is 9.26 Å². The van der Waals surface area contributed by atoms with E-state index >= 15 is 0 Å². The van der Waals surface area contributed by atoms with E-state index in [1.807, 2.05) is 28.9 Å². The molecule has 0 aliphatic heterocycles. The van der Waals surface area contributed by atoms with E-state index in [0.29, 0.717) is 23.5 Å². The maximum Gasteiger partial charge on any atom is 0.237 e. The summed E-state index contributed by atoms with van der Waals surface area (Å²) in [5.74, 6) is 2.45. The summed E-state index contributed by atoms with van der Waals surface area (Å²) in [6, 6.07) is 7.96. The van der Waals surface area contributed by atoms with Gasteiger partial charge in [0.2, 0.25) is 16.9 Å². The van der Waals surface area contributed by atoms with E-state index in [9.17, 15) is 0 Å². The number of thioether (sulfide) groups is 1. The first kappa shape index (κ1) is 16.1. The first-order chi connectivity index (χ1) is 12.3. The Morgan fingerprint density at radius 1 is 1.24 bits per heavy atom. The Kier molecular flexibility index (Phi) is 4.64. The molecule has 25 heavy (non-hydrogen) atoms. The monoisotopic (exact) mass is 358 g/mol. The minimum Gasteiger partial charge on any atom is -0.497 e. The SMILES string of the molecule is COc1ccc(-c2noc(CSc3nnnn3C3CCCC3)n2)cc1. The summed E-state index contributed by atoms with van der Waals surface area (Å²) in [5.41, 5.74) is 0.886. The summed E-state index contributed by atoms with van der Waals surface area (Å²) >= 11 is 1.52. The van der Waals surface area contributed by atoms with Crippen molar-refractivity contribution in [2.24, 2.45) is 0 Å². The van der Waals surface area contributed by atoms with Gasteiger partial charge in [0.05, 0.1) is 18.9 Å². The van der Waals surface area contributed by atoms with Crippen LogP contribution in [-0.4, -0.2) is 37.5 Å². The highest BCUT2D eigenvalue weighted by atomic mass is 32.2. The molecule has 1 aliphatic carbocycles. The van der Waals surface area contributed by atoms with Crippen molar-refractivity contribution >= 4 is 11.8 Å². The number of methoxy groups -OCH3 is 1. The number of hydrogen-bond acceptors (Lipinski definition) is 8. The molecule has 130 valence electrons. The summed E-state index contributed by atoms with van der Waals surface area (Å²) in [6.45, 7) is 0. The van der Waals surface area contributed by atoms with Crippen molar-refractivity contribution < 1.29 is 9.26 Å². The molecular formula is C16H18N6O2S.